The average Bonchev–Trinajstić information content (AvgIpc) is 3.07. The highest BCUT2D eigenvalue weighted by atomic mass is 16.1. The lowest BCUT2D eigenvalue weighted by Gasteiger charge is -2.20. The second kappa shape index (κ2) is 6.43. The molecule has 0 spiro atoms. The maximum absolute atomic E-state index is 12.4. The van der Waals surface area contributed by atoms with Crippen LogP contribution in [0.15, 0.2) is 48.9 Å². The summed E-state index contributed by atoms with van der Waals surface area (Å²) in [4.78, 5) is 21.2. The van der Waals surface area contributed by atoms with Gasteiger partial charge in [0.15, 0.2) is 0 Å². The predicted molar refractivity (Wildman–Crippen MR) is 93.6 cm³/mol. The normalized spacial score (nSPS) is 15.5. The van der Waals surface area contributed by atoms with E-state index in [0.717, 1.165) is 42.6 Å². The van der Waals surface area contributed by atoms with Gasteiger partial charge in [0.1, 0.15) is 0 Å². The van der Waals surface area contributed by atoms with Crippen molar-refractivity contribution in [3.63, 3.8) is 0 Å². The highest BCUT2D eigenvalue weighted by Crippen LogP contribution is 2.26. The minimum Gasteiger partial charge on any atom is -0.326 e. The van der Waals surface area contributed by atoms with Gasteiger partial charge in [0.2, 0.25) is 11.7 Å². The molecule has 1 aliphatic rings. The molecule has 24 heavy (non-hydrogen) atoms. The number of nitrogens with zero attached hydrogens (tertiary/aromatic N) is 3. The second-order valence-corrected chi connectivity index (χ2v) is 6.36. The minimum absolute atomic E-state index is 0.142. The summed E-state index contributed by atoms with van der Waals surface area (Å²) in [6, 6.07) is 9.72. The number of nitrogens with one attached hydrogen (secondary N) is 1. The molecule has 0 atom stereocenters. The third-order valence-corrected chi connectivity index (χ3v) is 4.64. The fourth-order valence-electron chi connectivity index (χ4n) is 3.33. The first-order valence-corrected chi connectivity index (χ1v) is 8.51. The van der Waals surface area contributed by atoms with Crippen molar-refractivity contribution < 1.29 is 4.79 Å². The van der Waals surface area contributed by atoms with Crippen molar-refractivity contribution in [2.45, 2.75) is 32.1 Å². The summed E-state index contributed by atoms with van der Waals surface area (Å²) in [7, 11) is 0. The van der Waals surface area contributed by atoms with Crippen molar-refractivity contribution in [2.24, 2.45) is 5.92 Å². The maximum atomic E-state index is 12.4. The number of rotatable bonds is 3. The summed E-state index contributed by atoms with van der Waals surface area (Å²) in [6.07, 6.45) is 11.2. The van der Waals surface area contributed by atoms with Crippen LogP contribution in [0.1, 0.15) is 32.1 Å². The van der Waals surface area contributed by atoms with Gasteiger partial charge in [-0.15, -0.1) is 0 Å². The molecule has 0 radical (unpaired) electrons. The van der Waals surface area contributed by atoms with E-state index in [9.17, 15) is 4.79 Å². The monoisotopic (exact) mass is 320 g/mol. The molecule has 1 aliphatic carbocycles. The van der Waals surface area contributed by atoms with E-state index >= 15 is 0 Å². The molecule has 0 aliphatic heterocycles. The SMILES string of the molecule is O=C(Nc1cccc(-c2cn3cccnc3n2)c1)C1CCCCC1. The van der Waals surface area contributed by atoms with Gasteiger partial charge in [-0.3, -0.25) is 9.20 Å². The molecule has 2 heterocycles. The van der Waals surface area contributed by atoms with Gasteiger partial charge >= 0.3 is 0 Å². The fourth-order valence-corrected chi connectivity index (χ4v) is 3.33. The summed E-state index contributed by atoms with van der Waals surface area (Å²) in [6.45, 7) is 0. The summed E-state index contributed by atoms with van der Waals surface area (Å²) in [5, 5.41) is 3.07. The number of imidazole rings is 1. The second-order valence-electron chi connectivity index (χ2n) is 6.36. The molecule has 1 saturated carbocycles. The quantitative estimate of drug-likeness (QED) is 0.796. The predicted octanol–water partition coefficient (Wildman–Crippen LogP) is 3.92. The zero-order chi connectivity index (χ0) is 16.4. The lowest BCUT2D eigenvalue weighted by Crippen LogP contribution is -2.24. The number of fused-ring (bicyclic) bond motifs is 1. The number of carbonyl (C=O) groups is 1. The largest absolute Gasteiger partial charge is 0.326 e. The first-order chi connectivity index (χ1) is 11.8. The van der Waals surface area contributed by atoms with E-state index in [1.54, 1.807) is 6.20 Å². The lowest BCUT2D eigenvalue weighted by molar-refractivity contribution is -0.120. The Hall–Kier alpha value is -2.69. The zero-order valence-electron chi connectivity index (χ0n) is 13.5. The Morgan fingerprint density at radius 1 is 1.17 bits per heavy atom. The van der Waals surface area contributed by atoms with Gasteiger partial charge in [-0.05, 0) is 31.0 Å². The van der Waals surface area contributed by atoms with Gasteiger partial charge in [-0.25, -0.2) is 9.97 Å². The molecule has 3 aromatic rings. The van der Waals surface area contributed by atoms with Crippen molar-refractivity contribution in [3.8, 4) is 11.3 Å². The highest BCUT2D eigenvalue weighted by Gasteiger charge is 2.21. The molecule has 0 saturated heterocycles. The standard InChI is InChI=1S/C19H20N4O/c24-18(14-6-2-1-3-7-14)21-16-9-4-8-15(12-16)17-13-23-11-5-10-20-19(23)22-17/h4-5,8-14H,1-3,6-7H2,(H,21,24). The third kappa shape index (κ3) is 3.02. The van der Waals surface area contributed by atoms with Gasteiger partial charge < -0.3 is 5.32 Å². The number of hydrogen-bond acceptors (Lipinski definition) is 3. The molecular formula is C19H20N4O. The lowest BCUT2D eigenvalue weighted by atomic mass is 9.88. The summed E-state index contributed by atoms with van der Waals surface area (Å²) >= 11 is 0. The highest BCUT2D eigenvalue weighted by molar-refractivity contribution is 5.93. The van der Waals surface area contributed by atoms with Crippen LogP contribution in [0.3, 0.4) is 0 Å². The van der Waals surface area contributed by atoms with E-state index in [0.29, 0.717) is 5.78 Å². The number of amides is 1. The molecule has 1 aromatic carbocycles. The average molecular weight is 320 g/mol. The number of hydrogen-bond donors (Lipinski definition) is 1. The molecule has 1 fully saturated rings. The molecule has 5 nitrogen and oxygen atoms in total. The van der Waals surface area contributed by atoms with E-state index in [4.69, 9.17) is 0 Å². The number of anilines is 1. The van der Waals surface area contributed by atoms with Crippen molar-refractivity contribution in [3.05, 3.63) is 48.9 Å². The van der Waals surface area contributed by atoms with E-state index in [-0.39, 0.29) is 11.8 Å². The molecule has 4 rings (SSSR count). The van der Waals surface area contributed by atoms with Crippen LogP contribution < -0.4 is 5.32 Å². The topological polar surface area (TPSA) is 59.3 Å². The van der Waals surface area contributed by atoms with Crippen molar-refractivity contribution in [1.29, 1.82) is 0 Å². The first kappa shape index (κ1) is 14.9. The number of aromatic nitrogens is 3. The first-order valence-electron chi connectivity index (χ1n) is 8.51. The molecule has 0 unspecified atom stereocenters. The maximum Gasteiger partial charge on any atom is 0.234 e. The van der Waals surface area contributed by atoms with Gasteiger partial charge in [0, 0.05) is 35.8 Å². The van der Waals surface area contributed by atoms with Crippen molar-refractivity contribution in [1.82, 2.24) is 14.4 Å². The minimum atomic E-state index is 0.142. The Morgan fingerprint density at radius 3 is 2.88 bits per heavy atom. The van der Waals surface area contributed by atoms with Gasteiger partial charge in [-0.2, -0.15) is 0 Å². The van der Waals surface area contributed by atoms with Gasteiger partial charge in [0.25, 0.3) is 0 Å². The van der Waals surface area contributed by atoms with Crippen LogP contribution in [0.4, 0.5) is 5.69 Å². The van der Waals surface area contributed by atoms with Crippen LogP contribution in [-0.2, 0) is 4.79 Å². The summed E-state index contributed by atoms with van der Waals surface area (Å²) < 4.78 is 1.89. The van der Waals surface area contributed by atoms with Crippen LogP contribution in [-0.4, -0.2) is 20.3 Å². The third-order valence-electron chi connectivity index (χ3n) is 4.64. The van der Waals surface area contributed by atoms with E-state index in [1.165, 1.54) is 6.42 Å². The van der Waals surface area contributed by atoms with Crippen LogP contribution in [0.25, 0.3) is 17.0 Å². The van der Waals surface area contributed by atoms with Crippen LogP contribution >= 0.6 is 0 Å². The molecule has 122 valence electrons. The summed E-state index contributed by atoms with van der Waals surface area (Å²) in [5.41, 5.74) is 2.65. The van der Waals surface area contributed by atoms with Gasteiger partial charge in [0.05, 0.1) is 5.69 Å². The Balaban J connectivity index is 1.55. The van der Waals surface area contributed by atoms with Crippen LogP contribution in [0.5, 0.6) is 0 Å². The van der Waals surface area contributed by atoms with E-state index in [2.05, 4.69) is 15.3 Å². The van der Waals surface area contributed by atoms with E-state index < -0.39 is 0 Å². The Bertz CT molecular complexity index is 831. The fraction of sp³-hybridized carbons (Fsp3) is 0.316. The summed E-state index contributed by atoms with van der Waals surface area (Å²) in [5.74, 6) is 0.967. The molecular weight excluding hydrogens is 300 g/mol. The Morgan fingerprint density at radius 2 is 2.04 bits per heavy atom. The van der Waals surface area contributed by atoms with E-state index in [1.807, 2.05) is 47.1 Å². The van der Waals surface area contributed by atoms with Crippen LogP contribution in [0.2, 0.25) is 0 Å². The zero-order valence-corrected chi connectivity index (χ0v) is 13.5. The number of benzene rings is 1. The molecule has 2 aromatic heterocycles. The smallest absolute Gasteiger partial charge is 0.234 e. The molecule has 5 heteroatoms. The number of carbonyl (C=O) groups excluding carboxylic acids is 1. The molecule has 1 amide bonds. The Kier molecular flexibility index (Phi) is 3.99. The van der Waals surface area contributed by atoms with Crippen molar-refractivity contribution >= 4 is 17.4 Å². The molecule has 0 bridgehead atoms. The molecule has 1 N–H and O–H groups in total. The van der Waals surface area contributed by atoms with Crippen LogP contribution in [0, 0.1) is 5.92 Å². The van der Waals surface area contributed by atoms with Crippen molar-refractivity contribution in [2.75, 3.05) is 5.32 Å². The Labute approximate surface area is 140 Å². The van der Waals surface area contributed by atoms with Gasteiger partial charge in [-0.1, -0.05) is 31.4 Å².